The fourth-order valence-corrected chi connectivity index (χ4v) is 3.09. The highest BCUT2D eigenvalue weighted by Gasteiger charge is 2.48. The van der Waals surface area contributed by atoms with E-state index in [4.69, 9.17) is 0 Å². The lowest BCUT2D eigenvalue weighted by atomic mass is 9.73. The van der Waals surface area contributed by atoms with E-state index in [-0.39, 0.29) is 0 Å². The van der Waals surface area contributed by atoms with Gasteiger partial charge in [-0.2, -0.15) is 0 Å². The summed E-state index contributed by atoms with van der Waals surface area (Å²) in [7, 11) is 0. The first-order chi connectivity index (χ1) is 5.55. The zero-order valence-electron chi connectivity index (χ0n) is 8.69. The van der Waals surface area contributed by atoms with Gasteiger partial charge in [0.2, 0.25) is 0 Å². The van der Waals surface area contributed by atoms with E-state index in [9.17, 15) is 0 Å². The van der Waals surface area contributed by atoms with Crippen molar-refractivity contribution in [3.63, 3.8) is 0 Å². The summed E-state index contributed by atoms with van der Waals surface area (Å²) in [6, 6.07) is 0. The average molecular weight is 167 g/mol. The Hall–Kier alpha value is -0.0400. The zero-order valence-corrected chi connectivity index (χ0v) is 8.69. The molecule has 0 radical (unpaired) electrons. The van der Waals surface area contributed by atoms with E-state index < -0.39 is 0 Å². The van der Waals surface area contributed by atoms with Gasteiger partial charge >= 0.3 is 0 Å². The zero-order chi connectivity index (χ0) is 8.82. The normalized spacial score (nSPS) is 29.2. The van der Waals surface area contributed by atoms with E-state index in [2.05, 4.69) is 25.7 Å². The van der Waals surface area contributed by atoms with E-state index in [0.29, 0.717) is 11.1 Å². The summed E-state index contributed by atoms with van der Waals surface area (Å²) < 4.78 is 0. The summed E-state index contributed by atoms with van der Waals surface area (Å²) in [5.74, 6) is 0. The predicted molar refractivity (Wildman–Crippen MR) is 52.3 cm³/mol. The van der Waals surface area contributed by atoms with Gasteiger partial charge in [0, 0.05) is 11.1 Å². The van der Waals surface area contributed by atoms with Crippen LogP contribution >= 0.6 is 0 Å². The third-order valence-electron chi connectivity index (χ3n) is 3.69. The van der Waals surface area contributed by atoms with Crippen LogP contribution < -0.4 is 0 Å². The van der Waals surface area contributed by atoms with E-state index >= 15 is 0 Å². The lowest BCUT2D eigenvalue weighted by molar-refractivity contribution is -0.0110. The molecule has 1 heterocycles. The Kier molecular flexibility index (Phi) is 1.76. The van der Waals surface area contributed by atoms with Crippen LogP contribution in [-0.2, 0) is 0 Å². The van der Waals surface area contributed by atoms with Crippen LogP contribution in [0.4, 0.5) is 0 Å². The van der Waals surface area contributed by atoms with Gasteiger partial charge in [0.15, 0.2) is 0 Å². The minimum atomic E-state index is 0.400. The van der Waals surface area contributed by atoms with Crippen LogP contribution in [0.15, 0.2) is 0 Å². The van der Waals surface area contributed by atoms with E-state index in [1.165, 1.54) is 38.6 Å². The van der Waals surface area contributed by atoms with E-state index in [1.54, 1.807) is 0 Å². The lowest BCUT2D eigenvalue weighted by Crippen LogP contribution is -2.56. The molecule has 2 rings (SSSR count). The van der Waals surface area contributed by atoms with Crippen molar-refractivity contribution in [1.29, 1.82) is 0 Å². The number of rotatable bonds is 0. The third kappa shape index (κ3) is 1.10. The summed E-state index contributed by atoms with van der Waals surface area (Å²) in [6.45, 7) is 8.42. The van der Waals surface area contributed by atoms with Crippen LogP contribution in [0.2, 0.25) is 0 Å². The van der Waals surface area contributed by atoms with Gasteiger partial charge in [-0.3, -0.25) is 4.90 Å². The Morgan fingerprint density at radius 2 is 1.58 bits per heavy atom. The number of hydrogen-bond acceptors (Lipinski definition) is 1. The first kappa shape index (κ1) is 8.55. The Morgan fingerprint density at radius 1 is 1.00 bits per heavy atom. The molecular formula is C11H21N. The highest BCUT2D eigenvalue weighted by Crippen LogP contribution is 2.48. The van der Waals surface area contributed by atoms with E-state index in [1.807, 2.05) is 0 Å². The molecule has 1 nitrogen and oxygen atoms in total. The molecule has 1 aliphatic heterocycles. The lowest BCUT2D eigenvalue weighted by Gasteiger charge is -2.52. The molecule has 1 saturated carbocycles. The molecule has 2 aliphatic rings. The highest BCUT2D eigenvalue weighted by molar-refractivity contribution is 5.05. The molecule has 1 aliphatic carbocycles. The fraction of sp³-hybridized carbons (Fsp3) is 1.00. The monoisotopic (exact) mass is 167 g/mol. The molecule has 0 aromatic heterocycles. The van der Waals surface area contributed by atoms with Crippen molar-refractivity contribution in [2.75, 3.05) is 6.54 Å². The number of nitrogens with zero attached hydrogens (tertiary/aromatic N) is 1. The number of likely N-dealkylation sites (tertiary alicyclic amines) is 1. The molecule has 0 bridgehead atoms. The second-order valence-corrected chi connectivity index (χ2v) is 5.50. The quantitative estimate of drug-likeness (QED) is 0.536. The Balaban J connectivity index is 2.14. The van der Waals surface area contributed by atoms with Crippen molar-refractivity contribution < 1.29 is 0 Å². The topological polar surface area (TPSA) is 3.24 Å². The molecule has 0 aromatic carbocycles. The molecule has 0 aromatic rings. The van der Waals surface area contributed by atoms with Gasteiger partial charge in [0.1, 0.15) is 0 Å². The first-order valence-corrected chi connectivity index (χ1v) is 5.32. The summed E-state index contributed by atoms with van der Waals surface area (Å²) in [6.07, 6.45) is 7.28. The van der Waals surface area contributed by atoms with Gasteiger partial charge < -0.3 is 0 Å². The summed E-state index contributed by atoms with van der Waals surface area (Å²) >= 11 is 0. The molecule has 1 heteroatoms. The van der Waals surface area contributed by atoms with Gasteiger partial charge in [-0.25, -0.2) is 0 Å². The second-order valence-electron chi connectivity index (χ2n) is 5.50. The van der Waals surface area contributed by atoms with Crippen molar-refractivity contribution in [3.8, 4) is 0 Å². The molecule has 0 amide bonds. The molecule has 1 spiro atoms. The van der Waals surface area contributed by atoms with Crippen molar-refractivity contribution >= 4 is 0 Å². The van der Waals surface area contributed by atoms with Gasteiger partial charge in [-0.05, 0) is 59.4 Å². The fourth-order valence-electron chi connectivity index (χ4n) is 3.09. The average Bonchev–Trinajstić information content (AvgIpc) is 2.25. The Morgan fingerprint density at radius 3 is 1.92 bits per heavy atom. The van der Waals surface area contributed by atoms with Crippen LogP contribution in [0.1, 0.15) is 52.9 Å². The first-order valence-electron chi connectivity index (χ1n) is 5.32. The summed E-state index contributed by atoms with van der Waals surface area (Å²) in [5.41, 5.74) is 1.05. The molecule has 0 N–H and O–H groups in total. The van der Waals surface area contributed by atoms with Crippen LogP contribution in [0.5, 0.6) is 0 Å². The maximum atomic E-state index is 2.75. The van der Waals surface area contributed by atoms with Crippen LogP contribution in [0, 0.1) is 0 Å². The molecule has 0 atom stereocenters. The van der Waals surface area contributed by atoms with Gasteiger partial charge in [-0.1, -0.05) is 0 Å². The van der Waals surface area contributed by atoms with Crippen molar-refractivity contribution in [1.82, 2.24) is 4.90 Å². The third-order valence-corrected chi connectivity index (χ3v) is 3.69. The van der Waals surface area contributed by atoms with Crippen LogP contribution in [0.25, 0.3) is 0 Å². The molecule has 1 saturated heterocycles. The molecule has 12 heavy (non-hydrogen) atoms. The summed E-state index contributed by atoms with van der Waals surface area (Å²) in [4.78, 5) is 2.75. The van der Waals surface area contributed by atoms with Crippen LogP contribution in [-0.4, -0.2) is 22.5 Å². The molecule has 2 fully saturated rings. The van der Waals surface area contributed by atoms with Crippen LogP contribution in [0.3, 0.4) is 0 Å². The minimum absolute atomic E-state index is 0.400. The largest absolute Gasteiger partial charge is 0.293 e. The highest BCUT2D eigenvalue weighted by atomic mass is 15.3. The summed E-state index contributed by atoms with van der Waals surface area (Å²) in [5, 5.41) is 0. The van der Waals surface area contributed by atoms with E-state index in [0.717, 1.165) is 0 Å². The standard InChI is InChI=1S/C11H21N/c1-10(2,3)12-9-5-8-11(12)6-4-7-11/h4-9H2,1-3H3. The number of hydrogen-bond donors (Lipinski definition) is 0. The molecular weight excluding hydrogens is 146 g/mol. The van der Waals surface area contributed by atoms with Gasteiger partial charge in [0.25, 0.3) is 0 Å². The van der Waals surface area contributed by atoms with Crippen molar-refractivity contribution in [3.05, 3.63) is 0 Å². The maximum absolute atomic E-state index is 2.75. The predicted octanol–water partition coefficient (Wildman–Crippen LogP) is 2.80. The second kappa shape index (κ2) is 2.47. The van der Waals surface area contributed by atoms with Crippen molar-refractivity contribution in [2.45, 2.75) is 64.0 Å². The van der Waals surface area contributed by atoms with Crippen molar-refractivity contribution in [2.24, 2.45) is 0 Å². The minimum Gasteiger partial charge on any atom is -0.293 e. The SMILES string of the molecule is CC(C)(C)N1CCCC12CCC2. The smallest absolute Gasteiger partial charge is 0.0215 e. The molecule has 70 valence electrons. The van der Waals surface area contributed by atoms with Gasteiger partial charge in [0.05, 0.1) is 0 Å². The maximum Gasteiger partial charge on any atom is 0.0215 e. The molecule has 0 unspecified atom stereocenters. The Labute approximate surface area is 76.1 Å². The Bertz CT molecular complexity index is 174. The van der Waals surface area contributed by atoms with Gasteiger partial charge in [-0.15, -0.1) is 0 Å².